The van der Waals surface area contributed by atoms with E-state index >= 15 is 0 Å². The van der Waals surface area contributed by atoms with E-state index in [9.17, 15) is 40.3 Å². The lowest BCUT2D eigenvalue weighted by atomic mass is 9.93. The van der Waals surface area contributed by atoms with Crippen molar-refractivity contribution in [3.63, 3.8) is 0 Å². The van der Waals surface area contributed by atoms with Crippen LogP contribution >= 0.6 is 11.3 Å². The maximum Gasteiger partial charge on any atom is 0.416 e. The molecular formula is C28H24F7N3O2S. The number of piperazine rings is 1. The fourth-order valence-corrected chi connectivity index (χ4v) is 6.20. The summed E-state index contributed by atoms with van der Waals surface area (Å²) in [6.07, 6.45) is -9.41. The minimum absolute atomic E-state index is 0.0208. The number of fused-ring (bicyclic) bond motifs is 1. The Balaban J connectivity index is 1.27. The average molecular weight is 600 g/mol. The molecule has 41 heavy (non-hydrogen) atoms. The number of carbonyl (C=O) groups excluding carboxylic acids is 2. The summed E-state index contributed by atoms with van der Waals surface area (Å²) < 4.78 is 93.5. The van der Waals surface area contributed by atoms with Crippen LogP contribution < -0.4 is 0 Å². The van der Waals surface area contributed by atoms with E-state index < -0.39 is 35.0 Å². The molecule has 0 N–H and O–H groups in total. The average Bonchev–Trinajstić information content (AvgIpc) is 3.40. The molecule has 0 aliphatic carbocycles. The van der Waals surface area contributed by atoms with E-state index in [4.69, 9.17) is 0 Å². The number of hydrogen-bond acceptors (Lipinski definition) is 4. The highest BCUT2D eigenvalue weighted by molar-refractivity contribution is 7.10. The number of hydrogen-bond donors (Lipinski definition) is 0. The molecule has 1 saturated heterocycles. The minimum Gasteiger partial charge on any atom is -0.338 e. The predicted octanol–water partition coefficient (Wildman–Crippen LogP) is 5.86. The van der Waals surface area contributed by atoms with Crippen LogP contribution in [0.15, 0.2) is 53.9 Å². The van der Waals surface area contributed by atoms with E-state index in [-0.39, 0.29) is 56.6 Å². The molecule has 0 radical (unpaired) electrons. The molecule has 0 saturated carbocycles. The van der Waals surface area contributed by atoms with Crippen LogP contribution in [0.5, 0.6) is 0 Å². The van der Waals surface area contributed by atoms with Gasteiger partial charge in [0.05, 0.1) is 23.7 Å². The Bertz CT molecular complexity index is 1410. The van der Waals surface area contributed by atoms with Crippen molar-refractivity contribution in [1.82, 2.24) is 14.7 Å². The van der Waals surface area contributed by atoms with Crippen LogP contribution in [0.4, 0.5) is 30.7 Å². The summed E-state index contributed by atoms with van der Waals surface area (Å²) in [7, 11) is 0. The van der Waals surface area contributed by atoms with E-state index in [1.54, 1.807) is 23.5 Å². The molecule has 5 nitrogen and oxygen atoms in total. The fraction of sp³-hybridized carbons (Fsp3) is 0.357. The van der Waals surface area contributed by atoms with Crippen molar-refractivity contribution < 1.29 is 40.3 Å². The molecular weight excluding hydrogens is 575 g/mol. The molecule has 1 unspecified atom stereocenters. The number of rotatable bonds is 4. The van der Waals surface area contributed by atoms with Crippen LogP contribution in [0.2, 0.25) is 0 Å². The first-order valence-corrected chi connectivity index (χ1v) is 13.6. The summed E-state index contributed by atoms with van der Waals surface area (Å²) in [5, 5.41) is 1.96. The highest BCUT2D eigenvalue weighted by atomic mass is 32.1. The van der Waals surface area contributed by atoms with E-state index in [0.29, 0.717) is 24.2 Å². The Morgan fingerprint density at radius 1 is 0.829 bits per heavy atom. The number of thiophene rings is 1. The van der Waals surface area contributed by atoms with Gasteiger partial charge in [-0.1, -0.05) is 12.1 Å². The van der Waals surface area contributed by atoms with Crippen molar-refractivity contribution in [3.8, 4) is 0 Å². The zero-order valence-electron chi connectivity index (χ0n) is 21.4. The molecule has 2 aliphatic heterocycles. The summed E-state index contributed by atoms with van der Waals surface area (Å²) in [6, 6.07) is 8.66. The largest absolute Gasteiger partial charge is 0.416 e. The lowest BCUT2D eigenvalue weighted by molar-refractivity contribution is -0.143. The van der Waals surface area contributed by atoms with Gasteiger partial charge in [0.25, 0.3) is 5.91 Å². The van der Waals surface area contributed by atoms with Gasteiger partial charge in [0.2, 0.25) is 5.91 Å². The van der Waals surface area contributed by atoms with Crippen molar-refractivity contribution >= 4 is 23.2 Å². The highest BCUT2D eigenvalue weighted by Gasteiger charge is 2.38. The summed E-state index contributed by atoms with van der Waals surface area (Å²) in [4.78, 5) is 32.0. The predicted molar refractivity (Wildman–Crippen MR) is 137 cm³/mol. The van der Waals surface area contributed by atoms with Crippen molar-refractivity contribution in [3.05, 3.63) is 92.4 Å². The number of nitrogens with zero attached hydrogens (tertiary/aromatic N) is 3. The molecule has 13 heteroatoms. The first kappa shape index (κ1) is 29.1. The van der Waals surface area contributed by atoms with Gasteiger partial charge in [-0.05, 0) is 59.3 Å². The van der Waals surface area contributed by atoms with Crippen LogP contribution in [-0.4, -0.2) is 65.8 Å². The Morgan fingerprint density at radius 2 is 1.46 bits per heavy atom. The van der Waals surface area contributed by atoms with Gasteiger partial charge in [-0.15, -0.1) is 11.3 Å². The first-order valence-electron chi connectivity index (χ1n) is 12.7. The Kier molecular flexibility index (Phi) is 7.86. The Morgan fingerprint density at radius 3 is 2.07 bits per heavy atom. The van der Waals surface area contributed by atoms with Gasteiger partial charge in [-0.2, -0.15) is 26.3 Å². The van der Waals surface area contributed by atoms with E-state index in [2.05, 4.69) is 0 Å². The number of alkyl halides is 6. The number of halogens is 7. The SMILES string of the molecule is O=C(CN1CCc2sccc2C1c1cccc(F)c1)N1CCN(C(=O)c2cc(C(F)(F)F)cc(C(F)(F)F)c2)CC1. The second-order valence-corrected chi connectivity index (χ2v) is 10.9. The summed E-state index contributed by atoms with van der Waals surface area (Å²) in [6.45, 7) is 0.618. The molecule has 2 aromatic carbocycles. The van der Waals surface area contributed by atoms with E-state index in [1.807, 2.05) is 16.3 Å². The van der Waals surface area contributed by atoms with Crippen LogP contribution in [-0.2, 0) is 23.6 Å². The number of amides is 2. The zero-order chi connectivity index (χ0) is 29.5. The minimum atomic E-state index is -5.07. The van der Waals surface area contributed by atoms with Crippen molar-refractivity contribution in [2.45, 2.75) is 24.8 Å². The van der Waals surface area contributed by atoms with Gasteiger partial charge < -0.3 is 9.80 Å². The lowest BCUT2D eigenvalue weighted by Gasteiger charge is -2.39. The normalized spacial score (nSPS) is 18.4. The maximum atomic E-state index is 14.1. The molecule has 218 valence electrons. The van der Waals surface area contributed by atoms with Crippen molar-refractivity contribution in [2.24, 2.45) is 0 Å². The molecule has 0 bridgehead atoms. The van der Waals surface area contributed by atoms with Crippen molar-refractivity contribution in [1.29, 1.82) is 0 Å². The van der Waals surface area contributed by atoms with Crippen LogP contribution in [0, 0.1) is 5.82 Å². The third-order valence-corrected chi connectivity index (χ3v) is 8.32. The van der Waals surface area contributed by atoms with Gasteiger partial charge in [-0.3, -0.25) is 14.5 Å². The highest BCUT2D eigenvalue weighted by Crippen LogP contribution is 2.38. The Hall–Kier alpha value is -3.45. The molecule has 1 fully saturated rings. The smallest absolute Gasteiger partial charge is 0.338 e. The molecule has 3 aromatic rings. The standard InChI is InChI=1S/C28H24F7N3O2S/c29-21-3-1-2-17(14-21)25-22-5-11-41-23(22)4-6-38(25)16-24(39)36-7-9-37(10-8-36)26(40)18-12-19(27(30,31)32)15-20(13-18)28(33,34)35/h1-3,5,11-15,25H,4,6-10,16H2. The summed E-state index contributed by atoms with van der Waals surface area (Å²) in [5.41, 5.74) is -2.12. The van der Waals surface area contributed by atoms with E-state index in [0.717, 1.165) is 16.9 Å². The molecule has 5 rings (SSSR count). The van der Waals surface area contributed by atoms with Gasteiger partial charge in [0.1, 0.15) is 5.82 Å². The second-order valence-electron chi connectivity index (χ2n) is 9.94. The molecule has 1 aromatic heterocycles. The number of benzene rings is 2. The van der Waals surface area contributed by atoms with Gasteiger partial charge in [0.15, 0.2) is 0 Å². The molecule has 2 aliphatic rings. The topological polar surface area (TPSA) is 43.9 Å². The number of carbonyl (C=O) groups is 2. The van der Waals surface area contributed by atoms with Crippen LogP contribution in [0.25, 0.3) is 0 Å². The Labute approximate surface area is 234 Å². The monoisotopic (exact) mass is 599 g/mol. The third kappa shape index (κ3) is 6.25. The molecule has 3 heterocycles. The van der Waals surface area contributed by atoms with Gasteiger partial charge in [-0.25, -0.2) is 4.39 Å². The maximum absolute atomic E-state index is 14.1. The molecule has 1 atom stereocenters. The molecule has 0 spiro atoms. The van der Waals surface area contributed by atoms with Gasteiger partial charge >= 0.3 is 12.4 Å². The van der Waals surface area contributed by atoms with Crippen molar-refractivity contribution in [2.75, 3.05) is 39.3 Å². The van der Waals surface area contributed by atoms with Crippen LogP contribution in [0.3, 0.4) is 0 Å². The first-order chi connectivity index (χ1) is 19.3. The fourth-order valence-electron chi connectivity index (χ4n) is 5.30. The molecule has 2 amide bonds. The van der Waals surface area contributed by atoms with Gasteiger partial charge in [0, 0.05) is 43.2 Å². The lowest BCUT2D eigenvalue weighted by Crippen LogP contribution is -2.53. The summed E-state index contributed by atoms with van der Waals surface area (Å²) in [5.74, 6) is -1.60. The second kappa shape index (κ2) is 11.1. The quantitative estimate of drug-likeness (QED) is 0.353. The third-order valence-electron chi connectivity index (χ3n) is 7.32. The zero-order valence-corrected chi connectivity index (χ0v) is 22.3. The van der Waals surface area contributed by atoms with Crippen LogP contribution in [0.1, 0.15) is 43.5 Å². The van der Waals surface area contributed by atoms with E-state index in [1.165, 1.54) is 21.9 Å². The summed E-state index contributed by atoms with van der Waals surface area (Å²) >= 11 is 1.60.